The second-order valence-corrected chi connectivity index (χ2v) is 6.77. The third-order valence-electron chi connectivity index (χ3n) is 3.07. The lowest BCUT2D eigenvalue weighted by Crippen LogP contribution is -2.17. The maximum Gasteiger partial charge on any atom is 0.261 e. The molecule has 0 unspecified atom stereocenters. The largest absolute Gasteiger partial charge is 0.366 e. The highest BCUT2D eigenvalue weighted by Crippen LogP contribution is 2.25. The van der Waals surface area contributed by atoms with Crippen molar-refractivity contribution in [1.29, 1.82) is 0 Å². The number of carbonyl (C=O) groups is 1. The summed E-state index contributed by atoms with van der Waals surface area (Å²) < 4.78 is 53.6. The standard InChI is InChI=1S/C14H11ClF2N2O3S/c1-7-12(17)4-8(14(18)20)5-13(7)19-23(21,22)9-2-3-11(16)10(15)6-9/h2-6,19H,1H3,(H2,18,20). The van der Waals surface area contributed by atoms with Crippen molar-refractivity contribution in [1.82, 2.24) is 0 Å². The molecule has 0 fully saturated rings. The number of amides is 1. The van der Waals surface area contributed by atoms with Gasteiger partial charge in [-0.15, -0.1) is 0 Å². The number of nitrogens with one attached hydrogen (secondary N) is 1. The zero-order valence-corrected chi connectivity index (χ0v) is 13.3. The number of sulfonamides is 1. The Morgan fingerprint density at radius 2 is 1.83 bits per heavy atom. The van der Waals surface area contributed by atoms with Crippen molar-refractivity contribution in [3.8, 4) is 0 Å². The van der Waals surface area contributed by atoms with Crippen LogP contribution in [0.1, 0.15) is 15.9 Å². The Kier molecular flexibility index (Phi) is 4.58. The van der Waals surface area contributed by atoms with Gasteiger partial charge in [0, 0.05) is 11.1 Å². The molecule has 0 radical (unpaired) electrons. The van der Waals surface area contributed by atoms with Gasteiger partial charge in [0.1, 0.15) is 11.6 Å². The predicted molar refractivity (Wildman–Crippen MR) is 81.9 cm³/mol. The summed E-state index contributed by atoms with van der Waals surface area (Å²) in [7, 11) is -4.15. The molecule has 0 atom stereocenters. The number of nitrogens with two attached hydrogens (primary N) is 1. The molecule has 23 heavy (non-hydrogen) atoms. The molecule has 0 saturated heterocycles. The van der Waals surface area contributed by atoms with Crippen LogP contribution in [-0.4, -0.2) is 14.3 Å². The van der Waals surface area contributed by atoms with E-state index in [1.54, 1.807) is 0 Å². The first-order chi connectivity index (χ1) is 10.6. The van der Waals surface area contributed by atoms with Crippen LogP contribution >= 0.6 is 11.6 Å². The van der Waals surface area contributed by atoms with Gasteiger partial charge in [-0.3, -0.25) is 9.52 Å². The molecule has 2 aromatic rings. The van der Waals surface area contributed by atoms with Gasteiger partial charge in [-0.05, 0) is 37.3 Å². The Hall–Kier alpha value is -2.19. The van der Waals surface area contributed by atoms with Crippen LogP contribution < -0.4 is 10.5 Å². The molecule has 0 spiro atoms. The minimum atomic E-state index is -4.15. The maximum atomic E-state index is 13.8. The van der Waals surface area contributed by atoms with Crippen LogP contribution in [0.2, 0.25) is 5.02 Å². The third kappa shape index (κ3) is 3.59. The van der Waals surface area contributed by atoms with Gasteiger partial charge in [0.05, 0.1) is 15.6 Å². The molecule has 9 heteroatoms. The van der Waals surface area contributed by atoms with Crippen LogP contribution in [0.4, 0.5) is 14.5 Å². The van der Waals surface area contributed by atoms with Crippen molar-refractivity contribution in [2.75, 3.05) is 4.72 Å². The van der Waals surface area contributed by atoms with Crippen LogP contribution in [0.5, 0.6) is 0 Å². The number of anilines is 1. The third-order valence-corrected chi connectivity index (χ3v) is 4.73. The quantitative estimate of drug-likeness (QED) is 0.878. The van der Waals surface area contributed by atoms with E-state index in [4.69, 9.17) is 17.3 Å². The van der Waals surface area contributed by atoms with Crippen LogP contribution in [0.3, 0.4) is 0 Å². The number of primary amides is 1. The summed E-state index contributed by atoms with van der Waals surface area (Å²) in [6.07, 6.45) is 0. The molecule has 0 saturated carbocycles. The van der Waals surface area contributed by atoms with Gasteiger partial charge >= 0.3 is 0 Å². The monoisotopic (exact) mass is 360 g/mol. The molecule has 2 aromatic carbocycles. The molecular formula is C14H11ClF2N2O3S. The normalized spacial score (nSPS) is 11.3. The molecule has 0 heterocycles. The number of carbonyl (C=O) groups excluding carboxylic acids is 1. The minimum absolute atomic E-state index is 0.0215. The average Bonchev–Trinajstić information content (AvgIpc) is 2.46. The Labute approximate surface area is 136 Å². The van der Waals surface area contributed by atoms with Crippen molar-refractivity contribution in [2.24, 2.45) is 5.73 Å². The zero-order valence-electron chi connectivity index (χ0n) is 11.7. The molecule has 1 amide bonds. The van der Waals surface area contributed by atoms with Gasteiger partial charge < -0.3 is 5.73 Å². The molecule has 0 aromatic heterocycles. The molecule has 3 N–H and O–H groups in total. The second-order valence-electron chi connectivity index (χ2n) is 4.68. The van der Waals surface area contributed by atoms with E-state index in [9.17, 15) is 22.0 Å². The van der Waals surface area contributed by atoms with E-state index >= 15 is 0 Å². The lowest BCUT2D eigenvalue weighted by molar-refractivity contribution is 0.1000. The Morgan fingerprint density at radius 1 is 1.17 bits per heavy atom. The number of benzene rings is 2. The van der Waals surface area contributed by atoms with Gasteiger partial charge in [0.15, 0.2) is 0 Å². The van der Waals surface area contributed by atoms with Crippen molar-refractivity contribution >= 4 is 33.2 Å². The Morgan fingerprint density at radius 3 is 2.39 bits per heavy atom. The molecule has 0 aliphatic heterocycles. The summed E-state index contributed by atoms with van der Waals surface area (Å²) in [5, 5.41) is -0.373. The van der Waals surface area contributed by atoms with Crippen LogP contribution in [-0.2, 0) is 10.0 Å². The van der Waals surface area contributed by atoms with Crippen molar-refractivity contribution in [3.05, 3.63) is 58.1 Å². The average molecular weight is 361 g/mol. The molecule has 5 nitrogen and oxygen atoms in total. The fourth-order valence-corrected chi connectivity index (χ4v) is 3.16. The highest BCUT2D eigenvalue weighted by atomic mass is 35.5. The van der Waals surface area contributed by atoms with E-state index in [0.717, 1.165) is 30.3 Å². The van der Waals surface area contributed by atoms with Crippen molar-refractivity contribution in [2.45, 2.75) is 11.8 Å². The Bertz CT molecular complexity index is 901. The highest BCUT2D eigenvalue weighted by Gasteiger charge is 2.19. The molecule has 0 bridgehead atoms. The number of hydrogen-bond acceptors (Lipinski definition) is 3. The SMILES string of the molecule is Cc1c(F)cc(C(N)=O)cc1NS(=O)(=O)c1ccc(F)c(Cl)c1. The van der Waals surface area contributed by atoms with Crippen molar-refractivity contribution < 1.29 is 22.0 Å². The fourth-order valence-electron chi connectivity index (χ4n) is 1.77. The van der Waals surface area contributed by atoms with Gasteiger partial charge in [0.25, 0.3) is 10.0 Å². The van der Waals surface area contributed by atoms with Crippen molar-refractivity contribution in [3.63, 3.8) is 0 Å². The van der Waals surface area contributed by atoms with E-state index in [1.807, 2.05) is 0 Å². The minimum Gasteiger partial charge on any atom is -0.366 e. The lowest BCUT2D eigenvalue weighted by atomic mass is 10.1. The topological polar surface area (TPSA) is 89.3 Å². The Balaban J connectivity index is 2.48. The first-order valence-corrected chi connectivity index (χ1v) is 8.06. The summed E-state index contributed by atoms with van der Waals surface area (Å²) in [5.41, 5.74) is 4.70. The molecular weight excluding hydrogens is 350 g/mol. The summed E-state index contributed by atoms with van der Waals surface area (Å²) in [6.45, 7) is 1.33. The first-order valence-electron chi connectivity index (χ1n) is 6.19. The summed E-state index contributed by atoms with van der Waals surface area (Å²) in [5.74, 6) is -2.48. The van der Waals surface area contributed by atoms with Crippen LogP contribution in [0, 0.1) is 18.6 Å². The maximum absolute atomic E-state index is 13.8. The molecule has 0 aliphatic rings. The molecule has 2 rings (SSSR count). The van der Waals surface area contributed by atoms with E-state index in [1.165, 1.54) is 6.92 Å². The zero-order chi connectivity index (χ0) is 17.4. The fraction of sp³-hybridized carbons (Fsp3) is 0.0714. The smallest absolute Gasteiger partial charge is 0.261 e. The van der Waals surface area contributed by atoms with Gasteiger partial charge in [-0.2, -0.15) is 0 Å². The lowest BCUT2D eigenvalue weighted by Gasteiger charge is -2.12. The number of rotatable bonds is 4. The van der Waals surface area contributed by atoms with Crippen LogP contribution in [0.15, 0.2) is 35.2 Å². The predicted octanol–water partition coefficient (Wildman–Crippen LogP) is 2.83. The first kappa shape index (κ1) is 17.2. The van der Waals surface area contributed by atoms with E-state index in [-0.39, 0.29) is 26.7 Å². The van der Waals surface area contributed by atoms with Gasteiger partial charge in [-0.1, -0.05) is 11.6 Å². The van der Waals surface area contributed by atoms with Gasteiger partial charge in [-0.25, -0.2) is 17.2 Å². The second kappa shape index (κ2) is 6.13. The van der Waals surface area contributed by atoms with E-state index in [2.05, 4.69) is 4.72 Å². The van der Waals surface area contributed by atoms with E-state index < -0.39 is 27.6 Å². The number of halogens is 3. The summed E-state index contributed by atoms with van der Waals surface area (Å²) in [6, 6.07) is 4.84. The molecule has 0 aliphatic carbocycles. The van der Waals surface area contributed by atoms with E-state index in [0.29, 0.717) is 0 Å². The summed E-state index contributed by atoms with van der Waals surface area (Å²) in [4.78, 5) is 10.8. The molecule has 122 valence electrons. The highest BCUT2D eigenvalue weighted by molar-refractivity contribution is 7.92. The summed E-state index contributed by atoms with van der Waals surface area (Å²) >= 11 is 5.56. The van der Waals surface area contributed by atoms with Gasteiger partial charge in [0.2, 0.25) is 5.91 Å². The van der Waals surface area contributed by atoms with Crippen LogP contribution in [0.25, 0.3) is 0 Å². The number of hydrogen-bond donors (Lipinski definition) is 2.